The molecule has 1 N–H and O–H groups in total. The van der Waals surface area contributed by atoms with Gasteiger partial charge in [-0.3, -0.25) is 9.59 Å². The number of likely N-dealkylation sites (tertiary alicyclic amines) is 1. The number of hydrogen-bond donors (Lipinski definition) is 1. The number of aryl methyl sites for hydroxylation is 1. The Kier molecular flexibility index (Phi) is 5.04. The van der Waals surface area contributed by atoms with Crippen molar-refractivity contribution in [3.8, 4) is 0 Å². The number of nitrogens with one attached hydrogen (secondary N) is 1. The van der Waals surface area contributed by atoms with Crippen molar-refractivity contribution in [1.82, 2.24) is 9.62 Å². The highest BCUT2D eigenvalue weighted by molar-refractivity contribution is 7.89. The summed E-state index contributed by atoms with van der Waals surface area (Å²) in [6.07, 6.45) is 0.627. The fourth-order valence-electron chi connectivity index (χ4n) is 4.70. The first kappa shape index (κ1) is 20.7. The molecule has 0 unspecified atom stereocenters. The number of carbonyl (C=O) groups excluding carboxylic acids is 2. The summed E-state index contributed by atoms with van der Waals surface area (Å²) >= 11 is 0. The minimum atomic E-state index is -3.95. The van der Waals surface area contributed by atoms with Crippen molar-refractivity contribution in [2.75, 3.05) is 26.7 Å². The molecule has 3 rings (SSSR count). The van der Waals surface area contributed by atoms with Gasteiger partial charge in [0.1, 0.15) is 5.82 Å². The number of amides is 1. The molecule has 0 aromatic heterocycles. The molecule has 1 aromatic rings. The van der Waals surface area contributed by atoms with Gasteiger partial charge >= 0.3 is 5.97 Å². The molecule has 28 heavy (non-hydrogen) atoms. The van der Waals surface area contributed by atoms with Gasteiger partial charge in [0.2, 0.25) is 15.9 Å². The first-order valence-corrected chi connectivity index (χ1v) is 10.5. The predicted molar refractivity (Wildman–Crippen MR) is 99.2 cm³/mol. The van der Waals surface area contributed by atoms with Crippen LogP contribution in [0.4, 0.5) is 4.39 Å². The van der Waals surface area contributed by atoms with E-state index in [-0.39, 0.29) is 34.3 Å². The van der Waals surface area contributed by atoms with E-state index in [1.807, 2.05) is 13.8 Å². The van der Waals surface area contributed by atoms with E-state index in [9.17, 15) is 22.4 Å². The highest BCUT2D eigenvalue weighted by Crippen LogP contribution is 2.63. The van der Waals surface area contributed by atoms with Crippen molar-refractivity contribution in [3.05, 3.63) is 29.6 Å². The standard InChI is InChI=1S/C19H25FN2O5S/c1-12-7-13(5-6-14(12)20)28(25,26)21-8-16(23)22-9-15-18(2,3)10-19(15,11-22)17(24)27-4/h5-7,15,21H,8-11H2,1-4H3/t15-,19+/m1/s1. The van der Waals surface area contributed by atoms with Gasteiger partial charge in [0, 0.05) is 13.1 Å². The van der Waals surface area contributed by atoms with Crippen molar-refractivity contribution in [2.24, 2.45) is 16.7 Å². The Morgan fingerprint density at radius 2 is 2.04 bits per heavy atom. The number of esters is 1. The fourth-order valence-corrected chi connectivity index (χ4v) is 5.76. The van der Waals surface area contributed by atoms with Crippen molar-refractivity contribution in [3.63, 3.8) is 0 Å². The molecule has 1 saturated heterocycles. The van der Waals surface area contributed by atoms with Crippen molar-refractivity contribution >= 4 is 21.9 Å². The Morgan fingerprint density at radius 1 is 1.36 bits per heavy atom. The lowest BCUT2D eigenvalue weighted by Gasteiger charge is -2.54. The number of halogens is 1. The second-order valence-electron chi connectivity index (χ2n) is 8.38. The molecule has 1 heterocycles. The highest BCUT2D eigenvalue weighted by atomic mass is 32.2. The van der Waals surface area contributed by atoms with Crippen LogP contribution in [0.25, 0.3) is 0 Å². The molecular weight excluding hydrogens is 387 g/mol. The predicted octanol–water partition coefficient (Wildman–Crippen LogP) is 1.46. The van der Waals surface area contributed by atoms with E-state index in [1.54, 1.807) is 0 Å². The maximum atomic E-state index is 13.4. The zero-order valence-corrected chi connectivity index (χ0v) is 17.2. The van der Waals surface area contributed by atoms with E-state index in [1.165, 1.54) is 25.0 Å². The first-order chi connectivity index (χ1) is 12.9. The van der Waals surface area contributed by atoms with Crippen LogP contribution in [0.3, 0.4) is 0 Å². The largest absolute Gasteiger partial charge is 0.469 e. The fraction of sp³-hybridized carbons (Fsp3) is 0.579. The van der Waals surface area contributed by atoms with E-state index in [0.29, 0.717) is 13.0 Å². The number of carbonyl (C=O) groups is 2. The van der Waals surface area contributed by atoms with E-state index in [0.717, 1.165) is 12.1 Å². The summed E-state index contributed by atoms with van der Waals surface area (Å²) in [6.45, 7) is 5.75. The summed E-state index contributed by atoms with van der Waals surface area (Å²) in [6, 6.07) is 3.44. The Bertz CT molecular complexity index is 930. The molecule has 2 atom stereocenters. The van der Waals surface area contributed by atoms with E-state index in [4.69, 9.17) is 4.74 Å². The number of methoxy groups -OCH3 is 1. The van der Waals surface area contributed by atoms with Crippen LogP contribution >= 0.6 is 0 Å². The van der Waals surface area contributed by atoms with Crippen LogP contribution in [0.2, 0.25) is 0 Å². The van der Waals surface area contributed by atoms with Gasteiger partial charge in [-0.1, -0.05) is 13.8 Å². The van der Waals surface area contributed by atoms with Crippen LogP contribution in [0.1, 0.15) is 25.8 Å². The zero-order valence-electron chi connectivity index (χ0n) is 16.4. The van der Waals surface area contributed by atoms with Gasteiger partial charge in [-0.25, -0.2) is 17.5 Å². The molecule has 2 fully saturated rings. The molecule has 1 aromatic carbocycles. The Labute approximate surface area is 164 Å². The number of ether oxygens (including phenoxy) is 1. The second kappa shape index (κ2) is 6.81. The van der Waals surface area contributed by atoms with E-state index < -0.39 is 33.7 Å². The summed E-state index contributed by atoms with van der Waals surface area (Å²) in [5.41, 5.74) is -0.595. The van der Waals surface area contributed by atoms with Crippen molar-refractivity contribution in [1.29, 1.82) is 0 Å². The topological polar surface area (TPSA) is 92.8 Å². The molecule has 1 saturated carbocycles. The van der Waals surface area contributed by atoms with Crippen molar-refractivity contribution < 1.29 is 27.1 Å². The number of fused-ring (bicyclic) bond motifs is 1. The van der Waals surface area contributed by atoms with Gasteiger partial charge in [-0.15, -0.1) is 0 Å². The summed E-state index contributed by atoms with van der Waals surface area (Å²) in [4.78, 5) is 26.3. The quantitative estimate of drug-likeness (QED) is 0.739. The number of hydrogen-bond acceptors (Lipinski definition) is 5. The third-order valence-corrected chi connectivity index (χ3v) is 7.45. The van der Waals surface area contributed by atoms with Gasteiger partial charge in [-0.2, -0.15) is 0 Å². The summed E-state index contributed by atoms with van der Waals surface area (Å²) in [7, 11) is -2.61. The molecule has 1 amide bonds. The molecule has 9 heteroatoms. The highest BCUT2D eigenvalue weighted by Gasteiger charge is 2.67. The number of sulfonamides is 1. The summed E-state index contributed by atoms with van der Waals surface area (Å²) in [5.74, 6) is -1.25. The molecule has 1 aliphatic heterocycles. The SMILES string of the molecule is COC(=O)[C@@]12CN(C(=O)CNS(=O)(=O)c3ccc(F)c(C)c3)C[C@@H]1C(C)(C)C2. The minimum absolute atomic E-state index is 0.0206. The average molecular weight is 412 g/mol. The Balaban J connectivity index is 1.69. The molecule has 0 bridgehead atoms. The van der Waals surface area contributed by atoms with Crippen LogP contribution in [-0.2, 0) is 24.3 Å². The maximum absolute atomic E-state index is 13.4. The molecule has 1 aliphatic carbocycles. The van der Waals surface area contributed by atoms with Gasteiger partial charge in [0.15, 0.2) is 0 Å². The monoisotopic (exact) mass is 412 g/mol. The zero-order chi connectivity index (χ0) is 20.9. The maximum Gasteiger partial charge on any atom is 0.314 e. The van der Waals surface area contributed by atoms with Crippen molar-refractivity contribution in [2.45, 2.75) is 32.1 Å². The summed E-state index contributed by atoms with van der Waals surface area (Å²) < 4.78 is 45.4. The molecule has 7 nitrogen and oxygen atoms in total. The molecule has 154 valence electrons. The normalized spacial score (nSPS) is 25.8. The van der Waals surface area contributed by atoms with Gasteiger partial charge in [0.25, 0.3) is 0 Å². The summed E-state index contributed by atoms with van der Waals surface area (Å²) in [5, 5.41) is 0. The second-order valence-corrected chi connectivity index (χ2v) is 10.1. The van der Waals surface area contributed by atoms with E-state index >= 15 is 0 Å². The van der Waals surface area contributed by atoms with Crippen LogP contribution in [0, 0.1) is 29.5 Å². The number of rotatable bonds is 5. The van der Waals surface area contributed by atoms with Crippen LogP contribution in [0.5, 0.6) is 0 Å². The molecular formula is C19H25FN2O5S. The lowest BCUT2D eigenvalue weighted by molar-refractivity contribution is -0.174. The third kappa shape index (κ3) is 3.30. The van der Waals surface area contributed by atoms with Crippen LogP contribution < -0.4 is 4.72 Å². The third-order valence-electron chi connectivity index (χ3n) is 6.06. The molecule has 2 aliphatic rings. The van der Waals surface area contributed by atoms with Crippen LogP contribution in [0.15, 0.2) is 23.1 Å². The van der Waals surface area contributed by atoms with Gasteiger partial charge in [-0.05, 0) is 48.4 Å². The number of benzene rings is 1. The average Bonchev–Trinajstić information content (AvgIpc) is 2.97. The molecule has 0 spiro atoms. The van der Waals surface area contributed by atoms with Gasteiger partial charge in [0.05, 0.1) is 24.0 Å². The minimum Gasteiger partial charge on any atom is -0.469 e. The Hall–Kier alpha value is -2.00. The number of nitrogens with zero attached hydrogens (tertiary/aromatic N) is 1. The lowest BCUT2D eigenvalue weighted by Crippen LogP contribution is -2.57. The Morgan fingerprint density at radius 3 is 2.61 bits per heavy atom. The van der Waals surface area contributed by atoms with E-state index in [2.05, 4.69) is 4.72 Å². The smallest absolute Gasteiger partial charge is 0.314 e. The molecule has 0 radical (unpaired) electrons. The first-order valence-electron chi connectivity index (χ1n) is 9.05. The van der Waals surface area contributed by atoms with Crippen LogP contribution in [-0.4, -0.2) is 51.9 Å². The van der Waals surface area contributed by atoms with Gasteiger partial charge < -0.3 is 9.64 Å². The lowest BCUT2D eigenvalue weighted by atomic mass is 9.48.